The van der Waals surface area contributed by atoms with Crippen molar-refractivity contribution in [3.8, 4) is 0 Å². The molecule has 108 valence electrons. The average Bonchev–Trinajstić information content (AvgIpc) is 2.41. The number of anilines is 2. The number of aromatic nitrogens is 2. The Hall–Kier alpha value is -1.36. The van der Waals surface area contributed by atoms with Crippen molar-refractivity contribution in [3.63, 3.8) is 0 Å². The van der Waals surface area contributed by atoms with Crippen molar-refractivity contribution in [1.29, 1.82) is 0 Å². The molecule has 1 N–H and O–H groups in total. The minimum absolute atomic E-state index is 0.296. The molecule has 1 aromatic rings. The predicted octanol–water partition coefficient (Wildman–Crippen LogP) is 2.33. The van der Waals surface area contributed by atoms with Gasteiger partial charge in [-0.3, -0.25) is 0 Å². The first kappa shape index (κ1) is 15.7. The molecule has 5 heteroatoms. The lowest BCUT2D eigenvalue weighted by Crippen LogP contribution is -2.37. The largest absolute Gasteiger partial charge is 0.383 e. The SMILES string of the molecule is CCCc1c(NC)ncnc1N(CC)C(C)COC. The molecule has 1 unspecified atom stereocenters. The number of hydrogen-bond donors (Lipinski definition) is 1. The van der Waals surface area contributed by atoms with E-state index in [0.717, 1.165) is 31.0 Å². The Labute approximate surface area is 116 Å². The number of nitrogens with zero attached hydrogens (tertiary/aromatic N) is 3. The van der Waals surface area contributed by atoms with Crippen LogP contribution in [0.2, 0.25) is 0 Å². The highest BCUT2D eigenvalue weighted by Crippen LogP contribution is 2.26. The molecule has 0 spiro atoms. The lowest BCUT2D eigenvalue weighted by Gasteiger charge is -2.30. The van der Waals surface area contributed by atoms with E-state index in [1.165, 1.54) is 5.56 Å². The van der Waals surface area contributed by atoms with Crippen LogP contribution in [0.5, 0.6) is 0 Å². The molecule has 0 aliphatic rings. The Morgan fingerprint density at radius 1 is 1.37 bits per heavy atom. The van der Waals surface area contributed by atoms with Gasteiger partial charge in [-0.1, -0.05) is 13.3 Å². The molecule has 1 heterocycles. The molecular formula is C14H26N4O. The fourth-order valence-electron chi connectivity index (χ4n) is 2.35. The molecule has 19 heavy (non-hydrogen) atoms. The first-order valence-corrected chi connectivity index (χ1v) is 6.96. The van der Waals surface area contributed by atoms with Gasteiger partial charge in [0, 0.05) is 26.3 Å². The second kappa shape index (κ2) is 7.94. The van der Waals surface area contributed by atoms with Gasteiger partial charge in [0.1, 0.15) is 18.0 Å². The van der Waals surface area contributed by atoms with E-state index < -0.39 is 0 Å². The van der Waals surface area contributed by atoms with E-state index in [1.54, 1.807) is 13.4 Å². The zero-order valence-electron chi connectivity index (χ0n) is 12.7. The van der Waals surface area contributed by atoms with Crippen LogP contribution in [0, 0.1) is 0 Å². The normalized spacial score (nSPS) is 12.3. The molecule has 1 rings (SSSR count). The van der Waals surface area contributed by atoms with Crippen LogP contribution in [-0.4, -0.2) is 43.3 Å². The molecule has 5 nitrogen and oxygen atoms in total. The molecule has 0 bridgehead atoms. The monoisotopic (exact) mass is 266 g/mol. The molecule has 0 aliphatic carbocycles. The zero-order chi connectivity index (χ0) is 14.3. The lowest BCUT2D eigenvalue weighted by atomic mass is 10.1. The van der Waals surface area contributed by atoms with Crippen LogP contribution in [0.25, 0.3) is 0 Å². The minimum Gasteiger partial charge on any atom is -0.383 e. The van der Waals surface area contributed by atoms with Crippen LogP contribution in [0.15, 0.2) is 6.33 Å². The van der Waals surface area contributed by atoms with Crippen LogP contribution in [-0.2, 0) is 11.2 Å². The van der Waals surface area contributed by atoms with Gasteiger partial charge < -0.3 is 15.0 Å². The van der Waals surface area contributed by atoms with E-state index in [1.807, 2.05) is 7.05 Å². The van der Waals surface area contributed by atoms with Crippen LogP contribution < -0.4 is 10.2 Å². The van der Waals surface area contributed by atoms with Crippen molar-refractivity contribution in [3.05, 3.63) is 11.9 Å². The van der Waals surface area contributed by atoms with Crippen molar-refractivity contribution in [2.75, 3.05) is 37.5 Å². The van der Waals surface area contributed by atoms with Gasteiger partial charge in [0.05, 0.1) is 12.6 Å². The second-order valence-electron chi connectivity index (χ2n) is 4.61. The number of nitrogens with one attached hydrogen (secondary N) is 1. The van der Waals surface area contributed by atoms with Gasteiger partial charge in [0.2, 0.25) is 0 Å². The van der Waals surface area contributed by atoms with Crippen LogP contribution in [0.3, 0.4) is 0 Å². The van der Waals surface area contributed by atoms with E-state index in [2.05, 4.69) is 41.0 Å². The zero-order valence-corrected chi connectivity index (χ0v) is 12.7. The highest BCUT2D eigenvalue weighted by molar-refractivity contribution is 5.59. The van der Waals surface area contributed by atoms with Crippen LogP contribution in [0.1, 0.15) is 32.8 Å². The first-order chi connectivity index (χ1) is 9.19. The summed E-state index contributed by atoms with van der Waals surface area (Å²) >= 11 is 0. The van der Waals surface area contributed by atoms with Gasteiger partial charge in [-0.25, -0.2) is 9.97 Å². The molecule has 0 saturated heterocycles. The highest BCUT2D eigenvalue weighted by Gasteiger charge is 2.19. The maximum atomic E-state index is 5.26. The standard InChI is InChI=1S/C14H26N4O/c1-6-8-12-13(15-4)16-10-17-14(12)18(7-2)11(3)9-19-5/h10-11H,6-9H2,1-5H3,(H,15,16,17). The summed E-state index contributed by atoms with van der Waals surface area (Å²) in [6, 6.07) is 0.296. The summed E-state index contributed by atoms with van der Waals surface area (Å²) in [5.74, 6) is 1.95. The average molecular weight is 266 g/mol. The maximum absolute atomic E-state index is 5.26. The van der Waals surface area contributed by atoms with Gasteiger partial charge in [-0.15, -0.1) is 0 Å². The third kappa shape index (κ3) is 3.80. The van der Waals surface area contributed by atoms with Gasteiger partial charge in [-0.05, 0) is 20.3 Å². The van der Waals surface area contributed by atoms with Crippen LogP contribution >= 0.6 is 0 Å². The Kier molecular flexibility index (Phi) is 6.56. The smallest absolute Gasteiger partial charge is 0.137 e. The fraction of sp³-hybridized carbons (Fsp3) is 0.714. The number of methoxy groups -OCH3 is 1. The molecular weight excluding hydrogens is 240 g/mol. The van der Waals surface area contributed by atoms with Crippen molar-refractivity contribution >= 4 is 11.6 Å². The van der Waals surface area contributed by atoms with Crippen molar-refractivity contribution in [1.82, 2.24) is 9.97 Å². The Morgan fingerprint density at radius 3 is 2.63 bits per heavy atom. The molecule has 0 amide bonds. The summed E-state index contributed by atoms with van der Waals surface area (Å²) in [6.45, 7) is 8.07. The third-order valence-corrected chi connectivity index (χ3v) is 3.21. The second-order valence-corrected chi connectivity index (χ2v) is 4.61. The van der Waals surface area contributed by atoms with Gasteiger partial charge in [0.25, 0.3) is 0 Å². The summed E-state index contributed by atoms with van der Waals surface area (Å²) in [5.41, 5.74) is 1.19. The van der Waals surface area contributed by atoms with E-state index >= 15 is 0 Å². The summed E-state index contributed by atoms with van der Waals surface area (Å²) in [7, 11) is 3.64. The number of likely N-dealkylation sites (N-methyl/N-ethyl adjacent to an activating group) is 1. The Balaban J connectivity index is 3.14. The van der Waals surface area contributed by atoms with Gasteiger partial charge in [0.15, 0.2) is 0 Å². The number of hydrogen-bond acceptors (Lipinski definition) is 5. The van der Waals surface area contributed by atoms with E-state index in [4.69, 9.17) is 4.74 Å². The summed E-state index contributed by atoms with van der Waals surface area (Å²) in [5, 5.41) is 3.16. The Bertz CT molecular complexity index is 384. The van der Waals surface area contributed by atoms with E-state index in [-0.39, 0.29) is 0 Å². The topological polar surface area (TPSA) is 50.3 Å². The van der Waals surface area contributed by atoms with Crippen LogP contribution in [0.4, 0.5) is 11.6 Å². The summed E-state index contributed by atoms with van der Waals surface area (Å²) in [6.07, 6.45) is 3.68. The maximum Gasteiger partial charge on any atom is 0.137 e. The molecule has 0 fully saturated rings. The van der Waals surface area contributed by atoms with Crippen molar-refractivity contribution in [2.45, 2.75) is 39.7 Å². The van der Waals surface area contributed by atoms with E-state index in [0.29, 0.717) is 12.6 Å². The molecule has 0 aliphatic heterocycles. The molecule has 0 radical (unpaired) electrons. The van der Waals surface area contributed by atoms with E-state index in [9.17, 15) is 0 Å². The quantitative estimate of drug-likeness (QED) is 0.782. The number of rotatable bonds is 8. The fourth-order valence-corrected chi connectivity index (χ4v) is 2.35. The summed E-state index contributed by atoms with van der Waals surface area (Å²) < 4.78 is 5.26. The lowest BCUT2D eigenvalue weighted by molar-refractivity contribution is 0.181. The highest BCUT2D eigenvalue weighted by atomic mass is 16.5. The van der Waals surface area contributed by atoms with Crippen molar-refractivity contribution < 1.29 is 4.74 Å². The summed E-state index contributed by atoms with van der Waals surface area (Å²) in [4.78, 5) is 11.1. The predicted molar refractivity (Wildman–Crippen MR) is 79.9 cm³/mol. The molecule has 0 saturated carbocycles. The van der Waals surface area contributed by atoms with Gasteiger partial charge in [-0.2, -0.15) is 0 Å². The minimum atomic E-state index is 0.296. The van der Waals surface area contributed by atoms with Crippen molar-refractivity contribution in [2.24, 2.45) is 0 Å². The van der Waals surface area contributed by atoms with Gasteiger partial charge >= 0.3 is 0 Å². The Morgan fingerprint density at radius 2 is 2.11 bits per heavy atom. The molecule has 0 aromatic carbocycles. The third-order valence-electron chi connectivity index (χ3n) is 3.21. The molecule has 1 atom stereocenters. The molecule has 1 aromatic heterocycles. The number of ether oxygens (including phenoxy) is 1. The first-order valence-electron chi connectivity index (χ1n) is 6.96.